The number of rotatable bonds is 5. The molecule has 0 spiro atoms. The van der Waals surface area contributed by atoms with Crippen LogP contribution in [0.3, 0.4) is 0 Å². The van der Waals surface area contributed by atoms with Gasteiger partial charge < -0.3 is 9.88 Å². The Morgan fingerprint density at radius 3 is 2.31 bits per heavy atom. The number of hydrogen-bond acceptors (Lipinski definition) is 1. The molecule has 5 aromatic rings. The third kappa shape index (κ3) is 3.77. The second-order valence-electron chi connectivity index (χ2n) is 8.98. The number of aromatic nitrogens is 1. The highest BCUT2D eigenvalue weighted by Crippen LogP contribution is 2.45. The highest BCUT2D eigenvalue weighted by atomic mass is 15.0. The fourth-order valence-electron chi connectivity index (χ4n) is 5.34. The fraction of sp³-hybridized carbons (Fsp3) is 0.0909. The normalized spacial score (nSPS) is 12.5. The van der Waals surface area contributed by atoms with Crippen molar-refractivity contribution in [2.24, 2.45) is 0 Å². The Bertz CT molecular complexity index is 1550. The standard InChI is InChI=1S/C33H28N2/c1-34-30-20-12-11-19-28(30)31-29-22-21-25-15-7-4-10-18-27(25)33(29)35(23-24-13-5-2-6-14-24)32(31)26-16-8-3-9-17-26/h2-17,19-22,34H,18,23H2,1H3. The van der Waals surface area contributed by atoms with Gasteiger partial charge in [-0.05, 0) is 34.7 Å². The molecule has 35 heavy (non-hydrogen) atoms. The second-order valence-corrected chi connectivity index (χ2v) is 8.98. The number of allylic oxidation sites excluding steroid dienone is 3. The van der Waals surface area contributed by atoms with Crippen LogP contribution in [0.5, 0.6) is 0 Å². The molecule has 0 atom stereocenters. The molecule has 0 aliphatic heterocycles. The summed E-state index contributed by atoms with van der Waals surface area (Å²) in [5, 5.41) is 4.73. The van der Waals surface area contributed by atoms with Crippen molar-refractivity contribution in [3.63, 3.8) is 0 Å². The van der Waals surface area contributed by atoms with Crippen LogP contribution in [-0.2, 0) is 13.0 Å². The predicted octanol–water partition coefficient (Wildman–Crippen LogP) is 8.19. The first-order valence-electron chi connectivity index (χ1n) is 12.2. The number of nitrogens with one attached hydrogen (secondary N) is 1. The maximum absolute atomic E-state index is 3.44. The molecule has 0 saturated carbocycles. The van der Waals surface area contributed by atoms with Gasteiger partial charge in [-0.25, -0.2) is 0 Å². The number of para-hydroxylation sites is 1. The molecule has 0 radical (unpaired) electrons. The first kappa shape index (κ1) is 21.2. The zero-order valence-corrected chi connectivity index (χ0v) is 19.9. The SMILES string of the molecule is CNc1ccccc1-c1c(-c2ccccc2)n(Cc2ccccc2)c2c3c(ccc12)C=CC=CC3. The summed E-state index contributed by atoms with van der Waals surface area (Å²) in [6, 6.07) is 34.9. The van der Waals surface area contributed by atoms with E-state index in [0.29, 0.717) is 0 Å². The highest BCUT2D eigenvalue weighted by molar-refractivity contribution is 6.08. The van der Waals surface area contributed by atoms with Crippen LogP contribution in [-0.4, -0.2) is 11.6 Å². The van der Waals surface area contributed by atoms with E-state index in [1.807, 2.05) is 7.05 Å². The monoisotopic (exact) mass is 452 g/mol. The summed E-state index contributed by atoms with van der Waals surface area (Å²) in [6.07, 6.45) is 9.73. The van der Waals surface area contributed by atoms with Crippen molar-refractivity contribution in [1.29, 1.82) is 0 Å². The molecule has 0 fully saturated rings. The minimum Gasteiger partial charge on any atom is -0.388 e. The van der Waals surface area contributed by atoms with Crippen LogP contribution in [0.15, 0.2) is 115 Å². The fourth-order valence-corrected chi connectivity index (χ4v) is 5.34. The molecule has 0 bridgehead atoms. The van der Waals surface area contributed by atoms with Gasteiger partial charge in [0.1, 0.15) is 0 Å². The van der Waals surface area contributed by atoms with Crippen molar-refractivity contribution in [3.8, 4) is 22.4 Å². The number of nitrogens with zero attached hydrogens (tertiary/aromatic N) is 1. The summed E-state index contributed by atoms with van der Waals surface area (Å²) in [7, 11) is 2.01. The largest absolute Gasteiger partial charge is 0.388 e. The van der Waals surface area contributed by atoms with Crippen LogP contribution in [0.1, 0.15) is 16.7 Å². The van der Waals surface area contributed by atoms with Gasteiger partial charge in [-0.1, -0.05) is 115 Å². The molecule has 6 rings (SSSR count). The lowest BCUT2D eigenvalue weighted by Gasteiger charge is -2.16. The molecule has 170 valence electrons. The van der Waals surface area contributed by atoms with Crippen LogP contribution >= 0.6 is 0 Å². The van der Waals surface area contributed by atoms with E-state index in [4.69, 9.17) is 0 Å². The molecule has 1 aliphatic carbocycles. The topological polar surface area (TPSA) is 17.0 Å². The van der Waals surface area contributed by atoms with Crippen molar-refractivity contribution in [2.75, 3.05) is 12.4 Å². The van der Waals surface area contributed by atoms with E-state index in [1.165, 1.54) is 50.0 Å². The molecule has 1 aliphatic rings. The molecule has 1 aromatic heterocycles. The van der Waals surface area contributed by atoms with Crippen LogP contribution in [0.25, 0.3) is 39.4 Å². The van der Waals surface area contributed by atoms with Crippen molar-refractivity contribution < 1.29 is 0 Å². The minimum absolute atomic E-state index is 0.813. The summed E-state index contributed by atoms with van der Waals surface area (Å²) in [4.78, 5) is 0. The molecule has 1 heterocycles. The average Bonchev–Trinajstić information content (AvgIpc) is 3.05. The van der Waals surface area contributed by atoms with Crippen LogP contribution in [0.4, 0.5) is 5.69 Å². The van der Waals surface area contributed by atoms with Gasteiger partial charge in [-0.3, -0.25) is 0 Å². The number of anilines is 1. The maximum Gasteiger partial charge on any atom is 0.0575 e. The first-order chi connectivity index (χ1) is 17.3. The van der Waals surface area contributed by atoms with Gasteiger partial charge in [0.15, 0.2) is 0 Å². The van der Waals surface area contributed by atoms with Gasteiger partial charge in [0, 0.05) is 35.8 Å². The van der Waals surface area contributed by atoms with Crippen molar-refractivity contribution in [1.82, 2.24) is 4.57 Å². The molecule has 2 nitrogen and oxygen atoms in total. The van der Waals surface area contributed by atoms with Gasteiger partial charge in [0.2, 0.25) is 0 Å². The van der Waals surface area contributed by atoms with E-state index in [0.717, 1.165) is 18.7 Å². The Morgan fingerprint density at radius 1 is 0.771 bits per heavy atom. The molecule has 0 amide bonds. The number of hydrogen-bond donors (Lipinski definition) is 1. The lowest BCUT2D eigenvalue weighted by Crippen LogP contribution is -2.04. The predicted molar refractivity (Wildman–Crippen MR) is 150 cm³/mol. The molecule has 2 heteroatoms. The van der Waals surface area contributed by atoms with E-state index < -0.39 is 0 Å². The highest BCUT2D eigenvalue weighted by Gasteiger charge is 2.24. The summed E-state index contributed by atoms with van der Waals surface area (Å²) in [5.41, 5.74) is 11.4. The second kappa shape index (κ2) is 9.15. The zero-order valence-electron chi connectivity index (χ0n) is 19.9. The Hall–Kier alpha value is -4.30. The number of benzene rings is 4. The van der Waals surface area contributed by atoms with Crippen molar-refractivity contribution in [3.05, 3.63) is 132 Å². The van der Waals surface area contributed by atoms with E-state index in [-0.39, 0.29) is 0 Å². The van der Waals surface area contributed by atoms with E-state index in [2.05, 4.69) is 131 Å². The summed E-state index contributed by atoms with van der Waals surface area (Å²) in [6.45, 7) is 0.813. The van der Waals surface area contributed by atoms with E-state index in [1.54, 1.807) is 0 Å². The third-order valence-electron chi connectivity index (χ3n) is 6.91. The van der Waals surface area contributed by atoms with Crippen molar-refractivity contribution >= 4 is 22.7 Å². The van der Waals surface area contributed by atoms with Gasteiger partial charge in [0.05, 0.1) is 11.2 Å². The third-order valence-corrected chi connectivity index (χ3v) is 6.91. The lowest BCUT2D eigenvalue weighted by atomic mass is 9.94. The molecule has 4 aromatic carbocycles. The van der Waals surface area contributed by atoms with Gasteiger partial charge in [0.25, 0.3) is 0 Å². The Morgan fingerprint density at radius 2 is 1.51 bits per heavy atom. The van der Waals surface area contributed by atoms with Crippen molar-refractivity contribution in [2.45, 2.75) is 13.0 Å². The zero-order chi connectivity index (χ0) is 23.6. The molecule has 0 unspecified atom stereocenters. The summed E-state index contributed by atoms with van der Waals surface area (Å²) >= 11 is 0. The molecule has 0 saturated heterocycles. The van der Waals surface area contributed by atoms with Crippen LogP contribution in [0, 0.1) is 0 Å². The maximum atomic E-state index is 3.44. The number of fused-ring (bicyclic) bond motifs is 3. The van der Waals surface area contributed by atoms with Gasteiger partial charge in [-0.15, -0.1) is 0 Å². The summed E-state index contributed by atoms with van der Waals surface area (Å²) < 4.78 is 2.55. The lowest BCUT2D eigenvalue weighted by molar-refractivity contribution is 0.841. The molecule has 1 N–H and O–H groups in total. The smallest absolute Gasteiger partial charge is 0.0575 e. The average molecular weight is 453 g/mol. The van der Waals surface area contributed by atoms with E-state index in [9.17, 15) is 0 Å². The Kier molecular flexibility index (Phi) is 5.56. The molecular formula is C33H28N2. The summed E-state index contributed by atoms with van der Waals surface area (Å²) in [5.74, 6) is 0. The van der Waals surface area contributed by atoms with E-state index >= 15 is 0 Å². The van der Waals surface area contributed by atoms with Crippen LogP contribution < -0.4 is 5.32 Å². The quantitative estimate of drug-likeness (QED) is 0.284. The van der Waals surface area contributed by atoms with Gasteiger partial charge >= 0.3 is 0 Å². The minimum atomic E-state index is 0.813. The Labute approximate surface area is 206 Å². The first-order valence-corrected chi connectivity index (χ1v) is 12.2. The van der Waals surface area contributed by atoms with Gasteiger partial charge in [-0.2, -0.15) is 0 Å². The Balaban J connectivity index is 1.77. The van der Waals surface area contributed by atoms with Crippen LogP contribution in [0.2, 0.25) is 0 Å². The molecular weight excluding hydrogens is 424 g/mol.